The molecule has 0 aliphatic heterocycles. The van der Waals surface area contributed by atoms with E-state index in [0.717, 1.165) is 17.5 Å². The van der Waals surface area contributed by atoms with Gasteiger partial charge in [-0.1, -0.05) is 31.2 Å². The third-order valence-corrected chi connectivity index (χ3v) is 2.30. The minimum atomic E-state index is -0.756. The van der Waals surface area contributed by atoms with Crippen molar-refractivity contribution in [1.82, 2.24) is 10.7 Å². The number of amides is 2. The van der Waals surface area contributed by atoms with E-state index in [2.05, 4.69) is 15.8 Å². The molecule has 0 unspecified atom stereocenters. The number of nitrogens with one attached hydrogen (secondary N) is 2. The van der Waals surface area contributed by atoms with E-state index < -0.39 is 11.8 Å². The Morgan fingerprint density at radius 3 is 2.67 bits per heavy atom. The molecule has 0 radical (unpaired) electrons. The molecule has 0 atom stereocenters. The van der Waals surface area contributed by atoms with Crippen LogP contribution in [0.25, 0.3) is 0 Å². The molecule has 0 spiro atoms. The highest BCUT2D eigenvalue weighted by Crippen LogP contribution is 2.02. The number of carbonyl (C=O) groups is 2. The largest absolute Gasteiger partial charge is 0.348 e. The highest BCUT2D eigenvalue weighted by atomic mass is 16.2. The van der Waals surface area contributed by atoms with Crippen LogP contribution in [0.1, 0.15) is 24.5 Å². The van der Waals surface area contributed by atoms with Crippen molar-refractivity contribution in [2.24, 2.45) is 5.10 Å². The quantitative estimate of drug-likeness (QED) is 0.473. The second-order valence-electron chi connectivity index (χ2n) is 3.81. The van der Waals surface area contributed by atoms with Crippen LogP contribution in [0.4, 0.5) is 0 Å². The Morgan fingerprint density at radius 2 is 2.00 bits per heavy atom. The first kappa shape index (κ1) is 13.9. The van der Waals surface area contributed by atoms with Gasteiger partial charge in [0, 0.05) is 6.54 Å². The van der Waals surface area contributed by atoms with Crippen LogP contribution in [-0.4, -0.2) is 24.6 Å². The van der Waals surface area contributed by atoms with Crippen LogP contribution in [0.2, 0.25) is 0 Å². The molecule has 5 nitrogen and oxygen atoms in total. The second kappa shape index (κ2) is 7.21. The number of nitrogens with zero attached hydrogens (tertiary/aromatic N) is 1. The van der Waals surface area contributed by atoms with Gasteiger partial charge in [-0.3, -0.25) is 9.59 Å². The molecule has 1 rings (SSSR count). The van der Waals surface area contributed by atoms with E-state index in [9.17, 15) is 9.59 Å². The number of carbonyl (C=O) groups excluding carboxylic acids is 2. The molecule has 2 N–H and O–H groups in total. The van der Waals surface area contributed by atoms with E-state index in [1.807, 2.05) is 38.1 Å². The van der Waals surface area contributed by atoms with E-state index in [1.165, 1.54) is 6.21 Å². The molecule has 5 heteroatoms. The van der Waals surface area contributed by atoms with Crippen LogP contribution in [0, 0.1) is 6.92 Å². The van der Waals surface area contributed by atoms with Crippen LogP contribution in [0.3, 0.4) is 0 Å². The molecule has 0 saturated carbocycles. The van der Waals surface area contributed by atoms with E-state index in [4.69, 9.17) is 0 Å². The van der Waals surface area contributed by atoms with E-state index in [1.54, 1.807) is 0 Å². The Hall–Kier alpha value is -2.17. The summed E-state index contributed by atoms with van der Waals surface area (Å²) in [5, 5.41) is 6.21. The zero-order valence-electron chi connectivity index (χ0n) is 10.6. The van der Waals surface area contributed by atoms with Crippen LogP contribution in [0.15, 0.2) is 29.4 Å². The molecular formula is C13H17N3O2. The van der Waals surface area contributed by atoms with Gasteiger partial charge >= 0.3 is 11.8 Å². The number of aryl methyl sites for hydroxylation is 1. The Kier molecular flexibility index (Phi) is 5.57. The molecule has 0 aromatic heterocycles. The summed E-state index contributed by atoms with van der Waals surface area (Å²) in [6, 6.07) is 7.62. The maximum absolute atomic E-state index is 11.3. The van der Waals surface area contributed by atoms with Crippen molar-refractivity contribution in [2.75, 3.05) is 6.54 Å². The third-order valence-electron chi connectivity index (χ3n) is 2.30. The molecule has 1 aromatic rings. The molecule has 0 aliphatic carbocycles. The summed E-state index contributed by atoms with van der Waals surface area (Å²) < 4.78 is 0. The second-order valence-corrected chi connectivity index (χ2v) is 3.81. The number of hydrazone groups is 1. The first-order valence-corrected chi connectivity index (χ1v) is 5.82. The zero-order valence-corrected chi connectivity index (χ0v) is 10.6. The van der Waals surface area contributed by atoms with Crippen LogP contribution < -0.4 is 10.7 Å². The van der Waals surface area contributed by atoms with Crippen LogP contribution >= 0.6 is 0 Å². The SMILES string of the molecule is CCCNC(=O)C(=O)N/N=C\c1ccccc1C. The molecule has 0 saturated heterocycles. The van der Waals surface area contributed by atoms with Crippen molar-refractivity contribution in [3.63, 3.8) is 0 Å². The summed E-state index contributed by atoms with van der Waals surface area (Å²) in [5.74, 6) is -1.42. The lowest BCUT2D eigenvalue weighted by atomic mass is 10.1. The van der Waals surface area contributed by atoms with Crippen LogP contribution in [0.5, 0.6) is 0 Å². The highest BCUT2D eigenvalue weighted by molar-refractivity contribution is 6.35. The summed E-state index contributed by atoms with van der Waals surface area (Å²) in [7, 11) is 0. The lowest BCUT2D eigenvalue weighted by Crippen LogP contribution is -2.38. The molecule has 18 heavy (non-hydrogen) atoms. The average Bonchev–Trinajstić information content (AvgIpc) is 2.38. The van der Waals surface area contributed by atoms with E-state index in [0.29, 0.717) is 6.54 Å². The minimum absolute atomic E-state index is 0.480. The van der Waals surface area contributed by atoms with Crippen molar-refractivity contribution in [3.8, 4) is 0 Å². The average molecular weight is 247 g/mol. The molecule has 1 aromatic carbocycles. The van der Waals surface area contributed by atoms with Crippen molar-refractivity contribution in [2.45, 2.75) is 20.3 Å². The molecule has 0 heterocycles. The lowest BCUT2D eigenvalue weighted by molar-refractivity contribution is -0.139. The number of benzene rings is 1. The Balaban J connectivity index is 2.48. The lowest BCUT2D eigenvalue weighted by Gasteiger charge is -2.01. The molecule has 0 bridgehead atoms. The first-order chi connectivity index (χ1) is 8.65. The zero-order chi connectivity index (χ0) is 13.4. The summed E-state index contributed by atoms with van der Waals surface area (Å²) in [6.45, 7) is 4.33. The number of hydrogen-bond donors (Lipinski definition) is 2. The maximum Gasteiger partial charge on any atom is 0.329 e. The van der Waals surface area contributed by atoms with Crippen molar-refractivity contribution in [1.29, 1.82) is 0 Å². The van der Waals surface area contributed by atoms with Gasteiger partial charge in [0.2, 0.25) is 0 Å². The Morgan fingerprint density at radius 1 is 1.28 bits per heavy atom. The summed E-state index contributed by atoms with van der Waals surface area (Å²) in [5.41, 5.74) is 4.13. The van der Waals surface area contributed by atoms with Gasteiger partial charge in [-0.25, -0.2) is 5.43 Å². The van der Waals surface area contributed by atoms with Gasteiger partial charge in [0.1, 0.15) is 0 Å². The van der Waals surface area contributed by atoms with E-state index >= 15 is 0 Å². The molecule has 2 amide bonds. The monoisotopic (exact) mass is 247 g/mol. The van der Waals surface area contributed by atoms with Crippen molar-refractivity contribution < 1.29 is 9.59 Å². The van der Waals surface area contributed by atoms with Gasteiger partial charge < -0.3 is 5.32 Å². The molecule has 0 aliphatic rings. The van der Waals surface area contributed by atoms with Crippen molar-refractivity contribution >= 4 is 18.0 Å². The molecular weight excluding hydrogens is 230 g/mol. The minimum Gasteiger partial charge on any atom is -0.348 e. The maximum atomic E-state index is 11.3. The summed E-state index contributed by atoms with van der Waals surface area (Å²) in [6.07, 6.45) is 2.30. The van der Waals surface area contributed by atoms with Gasteiger partial charge in [-0.2, -0.15) is 5.10 Å². The highest BCUT2D eigenvalue weighted by Gasteiger charge is 2.10. The van der Waals surface area contributed by atoms with Gasteiger partial charge in [-0.05, 0) is 24.5 Å². The van der Waals surface area contributed by atoms with Gasteiger partial charge in [0.25, 0.3) is 0 Å². The fourth-order valence-electron chi connectivity index (χ4n) is 1.26. The van der Waals surface area contributed by atoms with Gasteiger partial charge in [0.05, 0.1) is 6.21 Å². The smallest absolute Gasteiger partial charge is 0.329 e. The summed E-state index contributed by atoms with van der Waals surface area (Å²) in [4.78, 5) is 22.5. The topological polar surface area (TPSA) is 70.6 Å². The number of rotatable bonds is 4. The fourth-order valence-corrected chi connectivity index (χ4v) is 1.26. The van der Waals surface area contributed by atoms with E-state index in [-0.39, 0.29) is 0 Å². The van der Waals surface area contributed by atoms with Gasteiger partial charge in [-0.15, -0.1) is 0 Å². The Bertz CT molecular complexity index is 455. The first-order valence-electron chi connectivity index (χ1n) is 5.82. The van der Waals surface area contributed by atoms with Gasteiger partial charge in [0.15, 0.2) is 0 Å². The predicted octanol–water partition coefficient (Wildman–Crippen LogP) is 0.971. The predicted molar refractivity (Wildman–Crippen MR) is 70.2 cm³/mol. The fraction of sp³-hybridized carbons (Fsp3) is 0.308. The molecule has 0 fully saturated rings. The van der Waals surface area contributed by atoms with Crippen molar-refractivity contribution in [3.05, 3.63) is 35.4 Å². The molecule has 96 valence electrons. The standard InChI is InChI=1S/C13H17N3O2/c1-3-8-14-12(17)13(18)16-15-9-11-7-5-4-6-10(11)2/h4-7,9H,3,8H2,1-2H3,(H,14,17)(H,16,18)/b15-9-. The third kappa shape index (κ3) is 4.37. The van der Waals surface area contributed by atoms with Crippen LogP contribution in [-0.2, 0) is 9.59 Å². The number of hydrogen-bond acceptors (Lipinski definition) is 3. The normalized spacial score (nSPS) is 10.3. The Labute approximate surface area is 106 Å². The summed E-state index contributed by atoms with van der Waals surface area (Å²) >= 11 is 0.